The van der Waals surface area contributed by atoms with Crippen molar-refractivity contribution in [3.05, 3.63) is 59.2 Å². The zero-order valence-electron chi connectivity index (χ0n) is 10.9. The normalized spacial score (nSPS) is 10.8. The Bertz CT molecular complexity index is 719. The fourth-order valence-electron chi connectivity index (χ4n) is 2.23. The fraction of sp³-hybridized carbons (Fsp3) is 0.125. The predicted molar refractivity (Wildman–Crippen MR) is 86.0 cm³/mol. The maximum absolute atomic E-state index is 5.95. The Labute approximate surface area is 126 Å². The van der Waals surface area contributed by atoms with Crippen LogP contribution in [0.3, 0.4) is 0 Å². The smallest absolute Gasteiger partial charge is 0.119 e. The highest BCUT2D eigenvalue weighted by Crippen LogP contribution is 2.22. The van der Waals surface area contributed by atoms with E-state index in [0.717, 1.165) is 33.4 Å². The number of rotatable bonds is 4. The Hall–Kier alpha value is -1.94. The van der Waals surface area contributed by atoms with Crippen molar-refractivity contribution in [2.24, 2.45) is 0 Å². The van der Waals surface area contributed by atoms with Gasteiger partial charge in [-0.25, -0.2) is 0 Å². The Morgan fingerprint density at radius 2 is 1.85 bits per heavy atom. The van der Waals surface area contributed by atoms with Crippen LogP contribution in [0.4, 0.5) is 5.69 Å². The first kappa shape index (κ1) is 13.1. The van der Waals surface area contributed by atoms with E-state index < -0.39 is 0 Å². The van der Waals surface area contributed by atoms with E-state index in [2.05, 4.69) is 26.6 Å². The molecular weight excluding hydrogens is 316 g/mol. The van der Waals surface area contributed by atoms with Crippen molar-refractivity contribution in [3.8, 4) is 5.75 Å². The van der Waals surface area contributed by atoms with Gasteiger partial charge in [0.25, 0.3) is 0 Å². The summed E-state index contributed by atoms with van der Waals surface area (Å²) in [6.45, 7) is 1.42. The van der Waals surface area contributed by atoms with Crippen LogP contribution in [-0.4, -0.2) is 11.2 Å². The standard InChI is InChI=1S/C16H15BrN2O/c17-12-4-6-13(7-5-12)20-11-10-19-9-8-14-15(18)2-1-3-16(14)19/h1-9H,10-11,18H2. The highest BCUT2D eigenvalue weighted by Gasteiger charge is 2.03. The average Bonchev–Trinajstić information content (AvgIpc) is 2.86. The van der Waals surface area contributed by atoms with E-state index in [1.807, 2.05) is 48.7 Å². The molecule has 4 heteroatoms. The molecule has 0 atom stereocenters. The van der Waals surface area contributed by atoms with Gasteiger partial charge in [-0.05, 0) is 42.5 Å². The summed E-state index contributed by atoms with van der Waals surface area (Å²) in [6.07, 6.45) is 2.05. The Kier molecular flexibility index (Phi) is 3.65. The van der Waals surface area contributed by atoms with Gasteiger partial charge < -0.3 is 15.0 Å². The molecule has 0 fully saturated rings. The topological polar surface area (TPSA) is 40.2 Å². The van der Waals surface area contributed by atoms with Gasteiger partial charge in [-0.2, -0.15) is 0 Å². The first-order valence-corrected chi connectivity index (χ1v) is 7.25. The molecule has 0 aliphatic carbocycles. The summed E-state index contributed by atoms with van der Waals surface area (Å²) in [5.74, 6) is 0.879. The van der Waals surface area contributed by atoms with Crippen molar-refractivity contribution in [2.45, 2.75) is 6.54 Å². The molecule has 0 saturated carbocycles. The first-order valence-electron chi connectivity index (χ1n) is 6.46. The number of halogens is 1. The third-order valence-corrected chi connectivity index (χ3v) is 3.79. The summed E-state index contributed by atoms with van der Waals surface area (Å²) in [7, 11) is 0. The van der Waals surface area contributed by atoms with E-state index >= 15 is 0 Å². The molecule has 0 aliphatic rings. The molecule has 0 unspecified atom stereocenters. The third-order valence-electron chi connectivity index (χ3n) is 3.26. The molecule has 2 aromatic carbocycles. The number of nitrogens with two attached hydrogens (primary N) is 1. The maximum atomic E-state index is 5.95. The second-order valence-electron chi connectivity index (χ2n) is 4.59. The highest BCUT2D eigenvalue weighted by molar-refractivity contribution is 9.10. The van der Waals surface area contributed by atoms with Gasteiger partial charge in [0.1, 0.15) is 12.4 Å². The minimum absolute atomic E-state index is 0.625. The van der Waals surface area contributed by atoms with Crippen molar-refractivity contribution in [2.75, 3.05) is 12.3 Å². The lowest BCUT2D eigenvalue weighted by atomic mass is 10.2. The van der Waals surface area contributed by atoms with Crippen LogP contribution in [0.15, 0.2) is 59.2 Å². The lowest BCUT2D eigenvalue weighted by molar-refractivity contribution is 0.300. The quantitative estimate of drug-likeness (QED) is 0.732. The summed E-state index contributed by atoms with van der Waals surface area (Å²) in [5.41, 5.74) is 7.91. The van der Waals surface area contributed by atoms with Crippen molar-refractivity contribution >= 4 is 32.5 Å². The summed E-state index contributed by atoms with van der Waals surface area (Å²) in [5, 5.41) is 1.09. The van der Waals surface area contributed by atoms with E-state index in [4.69, 9.17) is 10.5 Å². The van der Waals surface area contributed by atoms with E-state index in [1.165, 1.54) is 0 Å². The van der Waals surface area contributed by atoms with Gasteiger partial charge in [0.2, 0.25) is 0 Å². The van der Waals surface area contributed by atoms with Crippen LogP contribution in [0.1, 0.15) is 0 Å². The minimum Gasteiger partial charge on any atom is -0.492 e. The molecule has 0 amide bonds. The summed E-state index contributed by atoms with van der Waals surface area (Å²) in [6, 6.07) is 15.9. The first-order chi connectivity index (χ1) is 9.74. The van der Waals surface area contributed by atoms with Gasteiger partial charge in [-0.3, -0.25) is 0 Å². The van der Waals surface area contributed by atoms with Crippen molar-refractivity contribution < 1.29 is 4.74 Å². The number of aromatic nitrogens is 1. The van der Waals surface area contributed by atoms with Gasteiger partial charge in [-0.15, -0.1) is 0 Å². The van der Waals surface area contributed by atoms with Crippen molar-refractivity contribution in [1.29, 1.82) is 0 Å². The molecule has 1 heterocycles. The second-order valence-corrected chi connectivity index (χ2v) is 5.51. The number of hydrogen-bond acceptors (Lipinski definition) is 2. The Balaban J connectivity index is 1.68. The SMILES string of the molecule is Nc1cccc2c1ccn2CCOc1ccc(Br)cc1. The Morgan fingerprint density at radius 3 is 2.65 bits per heavy atom. The van der Waals surface area contributed by atoms with Gasteiger partial charge in [0.15, 0.2) is 0 Å². The van der Waals surface area contributed by atoms with E-state index in [-0.39, 0.29) is 0 Å². The predicted octanol–water partition coefficient (Wildman–Crippen LogP) is 4.07. The van der Waals surface area contributed by atoms with E-state index in [0.29, 0.717) is 6.61 Å². The molecule has 20 heavy (non-hydrogen) atoms. The molecule has 0 radical (unpaired) electrons. The molecule has 3 aromatic rings. The lowest BCUT2D eigenvalue weighted by Crippen LogP contribution is -2.07. The number of ether oxygens (including phenoxy) is 1. The van der Waals surface area contributed by atoms with Gasteiger partial charge in [0.05, 0.1) is 12.1 Å². The number of benzene rings is 2. The zero-order valence-corrected chi connectivity index (χ0v) is 12.5. The monoisotopic (exact) mass is 330 g/mol. The maximum Gasteiger partial charge on any atom is 0.119 e. The molecule has 102 valence electrons. The molecule has 0 bridgehead atoms. The average molecular weight is 331 g/mol. The van der Waals surface area contributed by atoms with Gasteiger partial charge in [0, 0.05) is 21.7 Å². The van der Waals surface area contributed by atoms with Crippen LogP contribution in [0.5, 0.6) is 5.75 Å². The zero-order chi connectivity index (χ0) is 13.9. The number of hydrogen-bond donors (Lipinski definition) is 1. The second kappa shape index (κ2) is 5.59. The Morgan fingerprint density at radius 1 is 1.05 bits per heavy atom. The summed E-state index contributed by atoms with van der Waals surface area (Å²) >= 11 is 3.41. The number of nitrogen functional groups attached to an aromatic ring is 1. The number of fused-ring (bicyclic) bond motifs is 1. The van der Waals surface area contributed by atoms with Crippen molar-refractivity contribution in [1.82, 2.24) is 4.57 Å². The summed E-state index contributed by atoms with van der Waals surface area (Å²) in [4.78, 5) is 0. The van der Waals surface area contributed by atoms with Gasteiger partial charge in [-0.1, -0.05) is 22.0 Å². The molecule has 0 saturated heterocycles. The van der Waals surface area contributed by atoms with Crippen molar-refractivity contribution in [3.63, 3.8) is 0 Å². The van der Waals surface area contributed by atoms with Crippen LogP contribution < -0.4 is 10.5 Å². The van der Waals surface area contributed by atoms with Crippen LogP contribution >= 0.6 is 15.9 Å². The molecule has 0 aliphatic heterocycles. The summed E-state index contributed by atoms with van der Waals surface area (Å²) < 4.78 is 8.95. The van der Waals surface area contributed by atoms with Crippen LogP contribution in [0.2, 0.25) is 0 Å². The van der Waals surface area contributed by atoms with Crippen LogP contribution in [0.25, 0.3) is 10.9 Å². The van der Waals surface area contributed by atoms with Crippen LogP contribution in [0, 0.1) is 0 Å². The fourth-order valence-corrected chi connectivity index (χ4v) is 2.50. The van der Waals surface area contributed by atoms with Gasteiger partial charge >= 0.3 is 0 Å². The molecule has 1 aromatic heterocycles. The number of nitrogens with zero attached hydrogens (tertiary/aromatic N) is 1. The third kappa shape index (κ3) is 2.65. The number of anilines is 1. The largest absolute Gasteiger partial charge is 0.492 e. The highest BCUT2D eigenvalue weighted by atomic mass is 79.9. The molecule has 2 N–H and O–H groups in total. The van der Waals surface area contributed by atoms with E-state index in [9.17, 15) is 0 Å². The molecular formula is C16H15BrN2O. The molecule has 0 spiro atoms. The van der Waals surface area contributed by atoms with E-state index in [1.54, 1.807) is 0 Å². The van der Waals surface area contributed by atoms with Crippen LogP contribution in [-0.2, 0) is 6.54 Å². The minimum atomic E-state index is 0.625. The lowest BCUT2D eigenvalue weighted by Gasteiger charge is -2.08. The molecule has 3 nitrogen and oxygen atoms in total. The molecule has 3 rings (SSSR count).